The van der Waals surface area contributed by atoms with Crippen LogP contribution >= 0.6 is 0 Å². The number of amides is 1. The lowest BCUT2D eigenvalue weighted by atomic mass is 9.96. The number of carbonyl (C=O) groups is 1. The lowest BCUT2D eigenvalue weighted by Crippen LogP contribution is -2.34. The van der Waals surface area contributed by atoms with Crippen LogP contribution in [0.4, 0.5) is 6.01 Å². The van der Waals surface area contributed by atoms with Crippen LogP contribution < -0.4 is 10.6 Å². The number of carbonyl (C=O) groups excluding carboxylic acids is 1. The van der Waals surface area contributed by atoms with Crippen LogP contribution in [0.1, 0.15) is 24.6 Å². The molecule has 0 saturated carbocycles. The van der Waals surface area contributed by atoms with Crippen molar-refractivity contribution in [1.82, 2.24) is 14.5 Å². The minimum atomic E-state index is -0.349. The second kappa shape index (κ2) is 5.99. The second-order valence-corrected chi connectivity index (χ2v) is 6.11. The molecule has 0 unspecified atom stereocenters. The van der Waals surface area contributed by atoms with E-state index in [9.17, 15) is 4.79 Å². The molecule has 7 nitrogen and oxygen atoms in total. The van der Waals surface area contributed by atoms with Crippen molar-refractivity contribution in [3.8, 4) is 0 Å². The number of imidazole rings is 1. The van der Waals surface area contributed by atoms with Crippen molar-refractivity contribution in [3.05, 3.63) is 42.5 Å². The normalized spacial score (nSPS) is 15.9. The lowest BCUT2D eigenvalue weighted by molar-refractivity contribution is -0.118. The molecule has 1 saturated heterocycles. The molecule has 1 aromatic carbocycles. The molecular formula is C17H19N5O2. The van der Waals surface area contributed by atoms with Crippen molar-refractivity contribution in [2.24, 2.45) is 5.73 Å². The predicted octanol–water partition coefficient (Wildman–Crippen LogP) is 1.89. The summed E-state index contributed by atoms with van der Waals surface area (Å²) < 4.78 is 7.69. The van der Waals surface area contributed by atoms with Crippen molar-refractivity contribution in [1.29, 1.82) is 0 Å². The van der Waals surface area contributed by atoms with Gasteiger partial charge < -0.3 is 19.6 Å². The highest BCUT2D eigenvalue weighted by Gasteiger charge is 2.26. The van der Waals surface area contributed by atoms with E-state index in [0.717, 1.165) is 42.9 Å². The van der Waals surface area contributed by atoms with Crippen molar-refractivity contribution in [3.63, 3.8) is 0 Å². The fourth-order valence-electron chi connectivity index (χ4n) is 3.31. The van der Waals surface area contributed by atoms with Crippen LogP contribution in [0.3, 0.4) is 0 Å². The van der Waals surface area contributed by atoms with Crippen molar-refractivity contribution >= 4 is 23.0 Å². The largest absolute Gasteiger partial charge is 0.423 e. The number of hydrogen-bond acceptors (Lipinski definition) is 5. The highest BCUT2D eigenvalue weighted by molar-refractivity contribution is 5.74. The monoisotopic (exact) mass is 325 g/mol. The summed E-state index contributed by atoms with van der Waals surface area (Å²) >= 11 is 0. The fourth-order valence-corrected chi connectivity index (χ4v) is 3.31. The molecule has 2 N–H and O–H groups in total. The van der Waals surface area contributed by atoms with Crippen LogP contribution in [0, 0.1) is 0 Å². The number of fused-ring (bicyclic) bond motifs is 1. The molecule has 1 fully saturated rings. The smallest absolute Gasteiger partial charge is 0.298 e. The number of aromatic nitrogens is 3. The Morgan fingerprint density at radius 1 is 1.29 bits per heavy atom. The van der Waals surface area contributed by atoms with Crippen molar-refractivity contribution in [2.45, 2.75) is 25.3 Å². The molecule has 1 aliphatic rings. The molecule has 0 spiro atoms. The summed E-state index contributed by atoms with van der Waals surface area (Å²) in [6.45, 7) is 1.88. The van der Waals surface area contributed by atoms with Crippen LogP contribution in [0.2, 0.25) is 0 Å². The van der Waals surface area contributed by atoms with Gasteiger partial charge in [0.25, 0.3) is 6.01 Å². The first-order valence-corrected chi connectivity index (χ1v) is 8.10. The van der Waals surface area contributed by atoms with E-state index in [-0.39, 0.29) is 12.5 Å². The van der Waals surface area contributed by atoms with Gasteiger partial charge in [-0.2, -0.15) is 4.98 Å². The molecule has 124 valence electrons. The SMILES string of the molecule is NC(=O)Cn1ccnc1C1CCN(c2nc3ccccc3o2)CC1. The minimum absolute atomic E-state index is 0.181. The first-order chi connectivity index (χ1) is 11.7. The van der Waals surface area contributed by atoms with Gasteiger partial charge >= 0.3 is 0 Å². The van der Waals surface area contributed by atoms with Crippen molar-refractivity contribution < 1.29 is 9.21 Å². The molecule has 0 aliphatic carbocycles. The maximum absolute atomic E-state index is 11.2. The van der Waals surface area contributed by atoms with E-state index < -0.39 is 0 Å². The molecule has 3 aromatic rings. The molecule has 7 heteroatoms. The highest BCUT2D eigenvalue weighted by Crippen LogP contribution is 2.30. The van der Waals surface area contributed by atoms with E-state index in [1.165, 1.54) is 0 Å². The van der Waals surface area contributed by atoms with Crippen LogP contribution in [0.25, 0.3) is 11.1 Å². The zero-order valence-electron chi connectivity index (χ0n) is 13.3. The van der Waals surface area contributed by atoms with Gasteiger partial charge in [0.15, 0.2) is 5.58 Å². The van der Waals surface area contributed by atoms with E-state index in [2.05, 4.69) is 14.9 Å². The zero-order valence-corrected chi connectivity index (χ0v) is 13.3. The number of anilines is 1. The Morgan fingerprint density at radius 3 is 2.83 bits per heavy atom. The minimum Gasteiger partial charge on any atom is -0.423 e. The second-order valence-electron chi connectivity index (χ2n) is 6.11. The Kier molecular flexibility index (Phi) is 3.68. The summed E-state index contributed by atoms with van der Waals surface area (Å²) in [6, 6.07) is 8.46. The first-order valence-electron chi connectivity index (χ1n) is 8.10. The summed E-state index contributed by atoms with van der Waals surface area (Å²) in [7, 11) is 0. The van der Waals surface area contributed by atoms with Crippen molar-refractivity contribution in [2.75, 3.05) is 18.0 Å². The van der Waals surface area contributed by atoms with Crippen LogP contribution in [-0.2, 0) is 11.3 Å². The molecular weight excluding hydrogens is 306 g/mol. The molecule has 2 aromatic heterocycles. The third-order valence-corrected chi connectivity index (χ3v) is 4.49. The van der Waals surface area contributed by atoms with Gasteiger partial charge in [-0.05, 0) is 25.0 Å². The topological polar surface area (TPSA) is 90.2 Å². The van der Waals surface area contributed by atoms with E-state index in [1.807, 2.05) is 35.0 Å². The number of nitrogens with zero attached hydrogens (tertiary/aromatic N) is 4. The van der Waals surface area contributed by atoms with Gasteiger partial charge in [0.1, 0.15) is 17.9 Å². The number of piperidine rings is 1. The quantitative estimate of drug-likeness (QED) is 0.791. The number of para-hydroxylation sites is 2. The van der Waals surface area contributed by atoms with Gasteiger partial charge in [-0.25, -0.2) is 4.98 Å². The van der Waals surface area contributed by atoms with Gasteiger partial charge in [0.2, 0.25) is 5.91 Å². The molecule has 0 radical (unpaired) electrons. The summed E-state index contributed by atoms with van der Waals surface area (Å²) in [5.74, 6) is 0.907. The third kappa shape index (κ3) is 2.73. The standard InChI is InChI=1S/C17H19N5O2/c18-15(23)11-22-10-7-19-16(22)12-5-8-21(9-6-12)17-20-13-3-1-2-4-14(13)24-17/h1-4,7,10,12H,5-6,8-9,11H2,(H2,18,23). The highest BCUT2D eigenvalue weighted by atomic mass is 16.4. The maximum Gasteiger partial charge on any atom is 0.298 e. The van der Waals surface area contributed by atoms with Gasteiger partial charge in [-0.15, -0.1) is 0 Å². The molecule has 4 rings (SSSR count). The summed E-state index contributed by atoms with van der Waals surface area (Å²) in [5.41, 5.74) is 6.99. The van der Waals surface area contributed by atoms with Crippen LogP contribution in [0.5, 0.6) is 0 Å². The fraction of sp³-hybridized carbons (Fsp3) is 0.353. The van der Waals surface area contributed by atoms with Gasteiger partial charge in [-0.3, -0.25) is 4.79 Å². The first kappa shape index (κ1) is 14.7. The zero-order chi connectivity index (χ0) is 16.5. The number of primary amides is 1. The van der Waals surface area contributed by atoms with Crippen LogP contribution in [-0.4, -0.2) is 33.5 Å². The Bertz CT molecular complexity index is 828. The Hall–Kier alpha value is -2.83. The maximum atomic E-state index is 11.2. The lowest BCUT2D eigenvalue weighted by Gasteiger charge is -2.30. The van der Waals surface area contributed by atoms with Gasteiger partial charge in [-0.1, -0.05) is 12.1 Å². The van der Waals surface area contributed by atoms with E-state index in [0.29, 0.717) is 11.9 Å². The average Bonchev–Trinajstić information content (AvgIpc) is 3.21. The molecule has 24 heavy (non-hydrogen) atoms. The van der Waals surface area contributed by atoms with Gasteiger partial charge in [0.05, 0.1) is 0 Å². The van der Waals surface area contributed by atoms with Gasteiger partial charge in [0, 0.05) is 31.4 Å². The number of oxazole rings is 1. The Balaban J connectivity index is 1.47. The number of hydrogen-bond donors (Lipinski definition) is 1. The van der Waals surface area contributed by atoms with E-state index in [1.54, 1.807) is 6.20 Å². The predicted molar refractivity (Wildman–Crippen MR) is 89.6 cm³/mol. The summed E-state index contributed by atoms with van der Waals surface area (Å²) in [4.78, 5) is 22.3. The number of nitrogens with two attached hydrogens (primary N) is 1. The number of rotatable bonds is 4. The molecule has 0 atom stereocenters. The van der Waals surface area contributed by atoms with E-state index in [4.69, 9.17) is 10.2 Å². The third-order valence-electron chi connectivity index (χ3n) is 4.49. The Labute approximate surface area is 139 Å². The van der Waals surface area contributed by atoms with Crippen LogP contribution in [0.15, 0.2) is 41.1 Å². The number of benzene rings is 1. The average molecular weight is 325 g/mol. The summed E-state index contributed by atoms with van der Waals surface area (Å²) in [5, 5.41) is 0. The summed E-state index contributed by atoms with van der Waals surface area (Å²) in [6.07, 6.45) is 5.42. The molecule has 3 heterocycles. The molecule has 1 amide bonds. The molecule has 1 aliphatic heterocycles. The van der Waals surface area contributed by atoms with E-state index >= 15 is 0 Å². The molecule has 0 bridgehead atoms. The Morgan fingerprint density at radius 2 is 2.08 bits per heavy atom.